The lowest BCUT2D eigenvalue weighted by atomic mass is 9.88. The van der Waals surface area contributed by atoms with Gasteiger partial charge in [-0.2, -0.15) is 0 Å². The predicted molar refractivity (Wildman–Crippen MR) is 60.6 cm³/mol. The van der Waals surface area contributed by atoms with Crippen molar-refractivity contribution in [2.24, 2.45) is 0 Å². The summed E-state index contributed by atoms with van der Waals surface area (Å²) in [6, 6.07) is 4.58. The molecule has 0 saturated carbocycles. The van der Waals surface area contributed by atoms with Crippen LogP contribution < -0.4 is 5.32 Å². The smallest absolute Gasteiger partial charge is 0.137 e. The summed E-state index contributed by atoms with van der Waals surface area (Å²) in [5.74, 6) is -0.265. The summed E-state index contributed by atoms with van der Waals surface area (Å²) in [4.78, 5) is 0. The minimum atomic E-state index is -1.29. The highest BCUT2D eigenvalue weighted by molar-refractivity contribution is 5.29. The molecule has 0 aliphatic carbocycles. The molecule has 3 heteroatoms. The molecule has 1 fully saturated rings. The van der Waals surface area contributed by atoms with Crippen molar-refractivity contribution in [3.8, 4) is 0 Å². The number of aryl methyl sites for hydroxylation is 1. The van der Waals surface area contributed by atoms with Gasteiger partial charge in [-0.25, -0.2) is 8.78 Å². The van der Waals surface area contributed by atoms with E-state index in [2.05, 4.69) is 5.32 Å². The first-order valence-corrected chi connectivity index (χ1v) is 5.78. The molecule has 1 unspecified atom stereocenters. The Morgan fingerprint density at radius 1 is 1.25 bits per heavy atom. The van der Waals surface area contributed by atoms with Crippen LogP contribution in [0.25, 0.3) is 0 Å². The zero-order valence-electron chi connectivity index (χ0n) is 9.52. The number of nitrogens with one attached hydrogen (secondary N) is 1. The van der Waals surface area contributed by atoms with Crippen LogP contribution in [0.15, 0.2) is 18.2 Å². The molecule has 1 heterocycles. The molecule has 1 saturated heterocycles. The molecule has 0 amide bonds. The zero-order chi connectivity index (χ0) is 11.6. The van der Waals surface area contributed by atoms with Gasteiger partial charge in [0.2, 0.25) is 0 Å². The second-order valence-electron chi connectivity index (χ2n) is 4.53. The summed E-state index contributed by atoms with van der Waals surface area (Å²) in [6.07, 6.45) is 1.82. The van der Waals surface area contributed by atoms with E-state index >= 15 is 0 Å². The molecule has 0 aromatic heterocycles. The van der Waals surface area contributed by atoms with Gasteiger partial charge in [-0.05, 0) is 62.5 Å². The molecule has 0 bridgehead atoms. The second-order valence-corrected chi connectivity index (χ2v) is 4.53. The monoisotopic (exact) mass is 225 g/mol. The lowest BCUT2D eigenvalue weighted by Gasteiger charge is -2.24. The molecule has 2 rings (SSSR count). The molecule has 0 spiro atoms. The van der Waals surface area contributed by atoms with Crippen molar-refractivity contribution in [2.75, 3.05) is 13.1 Å². The third kappa shape index (κ3) is 2.24. The maximum Gasteiger partial charge on any atom is 0.137 e. The fourth-order valence-electron chi connectivity index (χ4n) is 2.24. The number of alkyl halides is 1. The van der Waals surface area contributed by atoms with Crippen LogP contribution in [0.5, 0.6) is 0 Å². The summed E-state index contributed by atoms with van der Waals surface area (Å²) in [7, 11) is 0. The molecule has 88 valence electrons. The van der Waals surface area contributed by atoms with Crippen LogP contribution in [0.4, 0.5) is 8.78 Å². The Bertz CT molecular complexity index is 368. The van der Waals surface area contributed by atoms with Gasteiger partial charge in [-0.3, -0.25) is 0 Å². The molecular formula is C13H17F2N. The summed E-state index contributed by atoms with van der Waals surface area (Å²) >= 11 is 0. The third-order valence-corrected chi connectivity index (χ3v) is 3.30. The van der Waals surface area contributed by atoms with E-state index in [1.165, 1.54) is 6.07 Å². The first-order valence-electron chi connectivity index (χ1n) is 5.78. The van der Waals surface area contributed by atoms with Crippen molar-refractivity contribution < 1.29 is 8.78 Å². The highest BCUT2D eigenvalue weighted by atomic mass is 19.1. The Balaban J connectivity index is 2.29. The average Bonchev–Trinajstić information content (AvgIpc) is 2.48. The van der Waals surface area contributed by atoms with Gasteiger partial charge in [0.1, 0.15) is 11.5 Å². The largest absolute Gasteiger partial charge is 0.317 e. The van der Waals surface area contributed by atoms with E-state index in [1.807, 2.05) is 0 Å². The Labute approximate surface area is 94.9 Å². The first-order chi connectivity index (χ1) is 7.62. The molecule has 1 aromatic carbocycles. The number of hydrogen-bond donors (Lipinski definition) is 1. The van der Waals surface area contributed by atoms with Gasteiger partial charge in [-0.1, -0.05) is 6.07 Å². The molecular weight excluding hydrogens is 208 g/mol. The highest BCUT2D eigenvalue weighted by Crippen LogP contribution is 2.36. The Morgan fingerprint density at radius 3 is 2.81 bits per heavy atom. The minimum Gasteiger partial charge on any atom is -0.317 e. The van der Waals surface area contributed by atoms with Crippen molar-refractivity contribution in [1.82, 2.24) is 5.32 Å². The molecule has 1 aromatic rings. The summed E-state index contributed by atoms with van der Waals surface area (Å²) in [5.41, 5.74) is -0.149. The van der Waals surface area contributed by atoms with E-state index in [0.29, 0.717) is 30.5 Å². The third-order valence-electron chi connectivity index (χ3n) is 3.30. The van der Waals surface area contributed by atoms with E-state index in [1.54, 1.807) is 19.1 Å². The number of halogens is 2. The Kier molecular flexibility index (Phi) is 3.24. The highest BCUT2D eigenvalue weighted by Gasteiger charge is 2.32. The fourth-order valence-corrected chi connectivity index (χ4v) is 2.24. The summed E-state index contributed by atoms with van der Waals surface area (Å²) < 4.78 is 27.9. The lowest BCUT2D eigenvalue weighted by Crippen LogP contribution is -2.22. The molecule has 1 nitrogen and oxygen atoms in total. The van der Waals surface area contributed by atoms with Gasteiger partial charge in [0.05, 0.1) is 0 Å². The maximum atomic E-state index is 14.7. The van der Waals surface area contributed by atoms with E-state index in [0.717, 1.165) is 13.0 Å². The average molecular weight is 225 g/mol. The fraction of sp³-hybridized carbons (Fsp3) is 0.538. The Hall–Kier alpha value is -0.960. The molecule has 1 N–H and O–H groups in total. The van der Waals surface area contributed by atoms with Crippen LogP contribution in [0.2, 0.25) is 0 Å². The van der Waals surface area contributed by atoms with E-state index in [4.69, 9.17) is 0 Å². The van der Waals surface area contributed by atoms with Crippen LogP contribution in [0.3, 0.4) is 0 Å². The molecule has 0 radical (unpaired) electrons. The SMILES string of the molecule is Cc1cc(C2(F)CCCNCC2)ccc1F. The van der Waals surface area contributed by atoms with Crippen LogP contribution in [0.1, 0.15) is 30.4 Å². The number of benzene rings is 1. The molecule has 1 aliphatic rings. The number of hydrogen-bond acceptors (Lipinski definition) is 1. The van der Waals surface area contributed by atoms with Crippen molar-refractivity contribution >= 4 is 0 Å². The van der Waals surface area contributed by atoms with Crippen LogP contribution in [-0.4, -0.2) is 13.1 Å². The van der Waals surface area contributed by atoms with Gasteiger partial charge in [0, 0.05) is 0 Å². The second kappa shape index (κ2) is 4.50. The molecule has 16 heavy (non-hydrogen) atoms. The summed E-state index contributed by atoms with van der Waals surface area (Å²) in [5, 5.41) is 3.18. The van der Waals surface area contributed by atoms with E-state index in [-0.39, 0.29) is 5.82 Å². The normalized spacial score (nSPS) is 26.4. The maximum absolute atomic E-state index is 14.7. The van der Waals surface area contributed by atoms with Gasteiger partial charge >= 0.3 is 0 Å². The van der Waals surface area contributed by atoms with Crippen LogP contribution in [-0.2, 0) is 5.67 Å². The Morgan fingerprint density at radius 2 is 2.06 bits per heavy atom. The quantitative estimate of drug-likeness (QED) is 0.774. The van der Waals surface area contributed by atoms with Gasteiger partial charge < -0.3 is 5.32 Å². The number of rotatable bonds is 1. The van der Waals surface area contributed by atoms with Crippen LogP contribution in [0, 0.1) is 12.7 Å². The zero-order valence-corrected chi connectivity index (χ0v) is 9.52. The van der Waals surface area contributed by atoms with Crippen molar-refractivity contribution in [3.05, 3.63) is 35.1 Å². The van der Waals surface area contributed by atoms with Crippen LogP contribution >= 0.6 is 0 Å². The van der Waals surface area contributed by atoms with Gasteiger partial charge in [0.25, 0.3) is 0 Å². The molecule has 1 atom stereocenters. The predicted octanol–water partition coefficient (Wildman–Crippen LogP) is 3.07. The standard InChI is InChI=1S/C13H17F2N/c1-10-9-11(3-4-12(10)14)13(15)5-2-7-16-8-6-13/h3-4,9,16H,2,5-8H2,1H3. The molecule has 1 aliphatic heterocycles. The van der Waals surface area contributed by atoms with E-state index < -0.39 is 5.67 Å². The van der Waals surface area contributed by atoms with Crippen molar-refractivity contribution in [3.63, 3.8) is 0 Å². The minimum absolute atomic E-state index is 0.265. The van der Waals surface area contributed by atoms with E-state index in [9.17, 15) is 8.78 Å². The van der Waals surface area contributed by atoms with Crippen molar-refractivity contribution in [1.29, 1.82) is 0 Å². The topological polar surface area (TPSA) is 12.0 Å². The van der Waals surface area contributed by atoms with Gasteiger partial charge in [0.15, 0.2) is 0 Å². The van der Waals surface area contributed by atoms with Crippen molar-refractivity contribution in [2.45, 2.75) is 31.9 Å². The summed E-state index contributed by atoms with van der Waals surface area (Å²) in [6.45, 7) is 3.23. The first kappa shape index (κ1) is 11.5. The lowest BCUT2D eigenvalue weighted by molar-refractivity contribution is 0.145. The van der Waals surface area contributed by atoms with Gasteiger partial charge in [-0.15, -0.1) is 0 Å².